The number of carbonyl (C=O) groups excluding carboxylic acids is 1. The first-order chi connectivity index (χ1) is 9.74. The number of benzene rings is 3. The van der Waals surface area contributed by atoms with E-state index in [2.05, 4.69) is 11.4 Å². The van der Waals surface area contributed by atoms with Crippen molar-refractivity contribution in [2.75, 3.05) is 5.32 Å². The highest BCUT2D eigenvalue weighted by Crippen LogP contribution is 2.20. The summed E-state index contributed by atoms with van der Waals surface area (Å²) in [6, 6.07) is 21.5. The fourth-order valence-corrected chi connectivity index (χ4v) is 2.30. The Balaban J connectivity index is 1.97. The van der Waals surface area contributed by atoms with Gasteiger partial charge in [0, 0.05) is 10.7 Å². The highest BCUT2D eigenvalue weighted by atomic mass is 35.5. The summed E-state index contributed by atoms with van der Waals surface area (Å²) in [4.78, 5) is 12.4. The Bertz CT molecular complexity index is 777. The lowest BCUT2D eigenvalue weighted by molar-refractivity contribution is 0.102. The molecule has 0 saturated heterocycles. The van der Waals surface area contributed by atoms with Crippen molar-refractivity contribution >= 4 is 34.0 Å². The molecule has 0 fully saturated rings. The third kappa shape index (κ3) is 2.51. The van der Waals surface area contributed by atoms with E-state index in [1.165, 1.54) is 0 Å². The maximum Gasteiger partial charge on any atom is 0.256 e. The van der Waals surface area contributed by atoms with Crippen LogP contribution in [-0.4, -0.2) is 5.91 Å². The van der Waals surface area contributed by atoms with E-state index in [-0.39, 0.29) is 5.91 Å². The Hall–Kier alpha value is -2.32. The fourth-order valence-electron chi connectivity index (χ4n) is 2.11. The molecular weight excluding hydrogens is 270 g/mol. The van der Waals surface area contributed by atoms with Crippen molar-refractivity contribution < 1.29 is 4.79 Å². The molecule has 3 aromatic rings. The quantitative estimate of drug-likeness (QED) is 0.733. The molecule has 0 bridgehead atoms. The van der Waals surface area contributed by atoms with Crippen molar-refractivity contribution in [1.82, 2.24) is 0 Å². The Morgan fingerprint density at radius 1 is 1.05 bits per heavy atom. The summed E-state index contributed by atoms with van der Waals surface area (Å²) in [7, 11) is 0. The maximum atomic E-state index is 12.4. The highest BCUT2D eigenvalue weighted by molar-refractivity contribution is 6.31. The molecule has 97 valence electrons. The molecule has 0 aromatic heterocycles. The summed E-state index contributed by atoms with van der Waals surface area (Å²) < 4.78 is 0. The number of amides is 1. The average Bonchev–Trinajstić information content (AvgIpc) is 2.46. The number of fused-ring (bicyclic) bond motifs is 1. The molecule has 1 amide bonds. The predicted octanol–water partition coefficient (Wildman–Crippen LogP) is 4.55. The third-order valence-corrected chi connectivity index (χ3v) is 3.27. The van der Waals surface area contributed by atoms with Crippen molar-refractivity contribution in [2.45, 2.75) is 0 Å². The van der Waals surface area contributed by atoms with E-state index < -0.39 is 0 Å². The molecule has 20 heavy (non-hydrogen) atoms. The first-order valence-corrected chi connectivity index (χ1v) is 6.58. The lowest BCUT2D eigenvalue weighted by Gasteiger charge is -2.08. The predicted molar refractivity (Wildman–Crippen MR) is 82.2 cm³/mol. The molecule has 0 saturated carbocycles. The second-order valence-electron chi connectivity index (χ2n) is 4.40. The van der Waals surface area contributed by atoms with E-state index in [0.717, 1.165) is 10.8 Å². The van der Waals surface area contributed by atoms with Gasteiger partial charge >= 0.3 is 0 Å². The number of rotatable bonds is 2. The minimum Gasteiger partial charge on any atom is -0.322 e. The van der Waals surface area contributed by atoms with Gasteiger partial charge in [0.05, 0.1) is 5.56 Å². The standard InChI is InChI=1S/C17H11ClNO/c18-13-7-4-8-14(11-13)19-17(20)16-10-3-6-12-5-1-2-9-15(12)16/h1-9,11H,(H,19,20). The van der Waals surface area contributed by atoms with Gasteiger partial charge < -0.3 is 5.32 Å². The van der Waals surface area contributed by atoms with E-state index in [4.69, 9.17) is 11.6 Å². The van der Waals surface area contributed by atoms with E-state index in [1.807, 2.05) is 30.3 Å². The van der Waals surface area contributed by atoms with Crippen LogP contribution in [0.5, 0.6) is 0 Å². The van der Waals surface area contributed by atoms with Gasteiger partial charge in [0.25, 0.3) is 5.91 Å². The normalized spacial score (nSPS) is 10.4. The van der Waals surface area contributed by atoms with E-state index >= 15 is 0 Å². The molecule has 0 aliphatic rings. The van der Waals surface area contributed by atoms with Crippen molar-refractivity contribution in [3.63, 3.8) is 0 Å². The number of halogens is 1. The molecule has 1 N–H and O–H groups in total. The van der Waals surface area contributed by atoms with Crippen molar-refractivity contribution in [3.05, 3.63) is 77.3 Å². The molecule has 0 aliphatic carbocycles. The van der Waals surface area contributed by atoms with Gasteiger partial charge in [-0.1, -0.05) is 54.1 Å². The van der Waals surface area contributed by atoms with E-state index in [0.29, 0.717) is 16.3 Å². The van der Waals surface area contributed by atoms with Gasteiger partial charge in [0.1, 0.15) is 0 Å². The number of nitrogens with one attached hydrogen (secondary N) is 1. The molecule has 2 nitrogen and oxygen atoms in total. The van der Waals surface area contributed by atoms with Gasteiger partial charge in [0.2, 0.25) is 0 Å². The Labute approximate surface area is 122 Å². The number of hydrogen-bond acceptors (Lipinski definition) is 1. The molecule has 0 heterocycles. The Kier molecular flexibility index (Phi) is 3.40. The zero-order valence-electron chi connectivity index (χ0n) is 10.6. The first kappa shape index (κ1) is 12.7. The second-order valence-corrected chi connectivity index (χ2v) is 4.84. The van der Waals surface area contributed by atoms with Crippen LogP contribution in [0.15, 0.2) is 60.7 Å². The van der Waals surface area contributed by atoms with Crippen LogP contribution < -0.4 is 5.32 Å². The molecule has 3 aromatic carbocycles. The molecule has 0 spiro atoms. The molecule has 3 heteroatoms. The topological polar surface area (TPSA) is 29.1 Å². The van der Waals surface area contributed by atoms with Gasteiger partial charge in [-0.05, 0) is 35.0 Å². The van der Waals surface area contributed by atoms with Gasteiger partial charge in [-0.25, -0.2) is 0 Å². The van der Waals surface area contributed by atoms with Gasteiger partial charge in [0.15, 0.2) is 0 Å². The van der Waals surface area contributed by atoms with Gasteiger partial charge in [-0.15, -0.1) is 0 Å². The van der Waals surface area contributed by atoms with Crippen molar-refractivity contribution in [1.29, 1.82) is 0 Å². The summed E-state index contributed by atoms with van der Waals surface area (Å²) in [5.41, 5.74) is 1.20. The largest absolute Gasteiger partial charge is 0.322 e. The molecular formula is C17H11ClNO. The fraction of sp³-hybridized carbons (Fsp3) is 0. The van der Waals surface area contributed by atoms with Gasteiger partial charge in [-0.3, -0.25) is 4.79 Å². The van der Waals surface area contributed by atoms with Crippen LogP contribution in [0.25, 0.3) is 10.8 Å². The summed E-state index contributed by atoms with van der Waals surface area (Å²) in [6.45, 7) is 0. The minimum absolute atomic E-state index is 0.191. The lowest BCUT2D eigenvalue weighted by Crippen LogP contribution is -2.12. The van der Waals surface area contributed by atoms with Crippen LogP contribution in [0.4, 0.5) is 5.69 Å². The number of anilines is 1. The highest BCUT2D eigenvalue weighted by Gasteiger charge is 2.10. The van der Waals surface area contributed by atoms with Gasteiger partial charge in [-0.2, -0.15) is 0 Å². The second kappa shape index (κ2) is 5.35. The summed E-state index contributed by atoms with van der Waals surface area (Å²) >= 11 is 5.91. The monoisotopic (exact) mass is 280 g/mol. The SMILES string of the molecule is O=C(Nc1cccc(Cl)c1)c1[c]ccc2ccccc12. The van der Waals surface area contributed by atoms with Crippen LogP contribution in [0.1, 0.15) is 10.4 Å². The Morgan fingerprint density at radius 2 is 1.90 bits per heavy atom. The summed E-state index contributed by atoms with van der Waals surface area (Å²) in [5.74, 6) is -0.191. The van der Waals surface area contributed by atoms with Crippen LogP contribution in [0, 0.1) is 6.07 Å². The van der Waals surface area contributed by atoms with Crippen LogP contribution in [-0.2, 0) is 0 Å². The van der Waals surface area contributed by atoms with Crippen LogP contribution in [0.3, 0.4) is 0 Å². The summed E-state index contributed by atoms with van der Waals surface area (Å²) in [6.07, 6.45) is 0. The van der Waals surface area contributed by atoms with E-state index in [9.17, 15) is 4.79 Å². The summed E-state index contributed by atoms with van der Waals surface area (Å²) in [5, 5.41) is 5.32. The molecule has 0 aliphatic heterocycles. The molecule has 1 radical (unpaired) electrons. The zero-order valence-corrected chi connectivity index (χ0v) is 11.3. The molecule has 3 rings (SSSR count). The van der Waals surface area contributed by atoms with Crippen molar-refractivity contribution in [3.8, 4) is 0 Å². The minimum atomic E-state index is -0.191. The number of carbonyl (C=O) groups is 1. The van der Waals surface area contributed by atoms with Crippen LogP contribution >= 0.6 is 11.6 Å². The smallest absolute Gasteiger partial charge is 0.256 e. The number of hydrogen-bond donors (Lipinski definition) is 1. The third-order valence-electron chi connectivity index (χ3n) is 3.03. The molecule has 0 atom stereocenters. The molecule has 0 unspecified atom stereocenters. The van der Waals surface area contributed by atoms with Crippen LogP contribution in [0.2, 0.25) is 5.02 Å². The zero-order chi connectivity index (χ0) is 13.9. The lowest BCUT2D eigenvalue weighted by atomic mass is 10.0. The average molecular weight is 281 g/mol. The Morgan fingerprint density at radius 3 is 2.75 bits per heavy atom. The van der Waals surface area contributed by atoms with Crippen molar-refractivity contribution in [2.24, 2.45) is 0 Å². The van der Waals surface area contributed by atoms with E-state index in [1.54, 1.807) is 30.3 Å². The first-order valence-electron chi connectivity index (χ1n) is 6.20. The maximum absolute atomic E-state index is 12.4.